The van der Waals surface area contributed by atoms with Crippen molar-refractivity contribution < 1.29 is 17.6 Å². The van der Waals surface area contributed by atoms with Crippen LogP contribution in [-0.4, -0.2) is 29.9 Å². The second-order valence-corrected chi connectivity index (χ2v) is 11.7. The fraction of sp³-hybridized carbons (Fsp3) is 0.207. The molecule has 2 heterocycles. The van der Waals surface area contributed by atoms with Gasteiger partial charge in [-0.3, -0.25) is 14.3 Å². The van der Waals surface area contributed by atoms with E-state index in [1.165, 1.54) is 6.07 Å². The van der Waals surface area contributed by atoms with Crippen LogP contribution in [-0.2, 0) is 21.7 Å². The first-order chi connectivity index (χ1) is 18.4. The minimum absolute atomic E-state index is 0.0321. The number of anilines is 1. The normalized spacial score (nSPS) is 12.6. The van der Waals surface area contributed by atoms with E-state index in [1.807, 2.05) is 51.4 Å². The molecule has 0 radical (unpaired) electrons. The lowest BCUT2D eigenvalue weighted by Gasteiger charge is -2.20. The van der Waals surface area contributed by atoms with Crippen LogP contribution in [0.5, 0.6) is 0 Å². The van der Waals surface area contributed by atoms with Gasteiger partial charge < -0.3 is 15.5 Å². The smallest absolute Gasteiger partial charge is 0.233 e. The van der Waals surface area contributed by atoms with E-state index in [9.17, 15) is 18.0 Å². The third-order valence-corrected chi connectivity index (χ3v) is 8.36. The minimum atomic E-state index is -3.96. The molecule has 1 amide bonds. The number of rotatable bonds is 7. The molecular weight excluding hydrogens is 516 g/mol. The zero-order chi connectivity index (χ0) is 28.1. The van der Waals surface area contributed by atoms with E-state index in [-0.39, 0.29) is 10.3 Å². The second-order valence-electron chi connectivity index (χ2n) is 9.78. The summed E-state index contributed by atoms with van der Waals surface area (Å²) in [6, 6.07) is 15.3. The third kappa shape index (κ3) is 4.90. The molecule has 0 aliphatic carbocycles. The first-order valence-corrected chi connectivity index (χ1v) is 14.0. The van der Waals surface area contributed by atoms with Crippen LogP contribution in [0, 0.1) is 13.8 Å². The van der Waals surface area contributed by atoms with Gasteiger partial charge in [0.25, 0.3) is 0 Å². The average molecular weight is 545 g/mol. The number of nitrogens with zero attached hydrogens (tertiary/aromatic N) is 2. The van der Waals surface area contributed by atoms with Gasteiger partial charge in [-0.05, 0) is 62.7 Å². The highest BCUT2D eigenvalue weighted by atomic mass is 32.2. The van der Waals surface area contributed by atoms with Crippen LogP contribution < -0.4 is 16.5 Å². The van der Waals surface area contributed by atoms with Crippen molar-refractivity contribution in [2.24, 2.45) is 12.8 Å². The van der Waals surface area contributed by atoms with Crippen LogP contribution in [0.25, 0.3) is 33.2 Å². The van der Waals surface area contributed by atoms with Crippen molar-refractivity contribution in [1.29, 1.82) is 0 Å². The molecule has 200 valence electrons. The summed E-state index contributed by atoms with van der Waals surface area (Å²) in [5, 5.41) is 9.02. The van der Waals surface area contributed by atoms with Crippen molar-refractivity contribution in [2.45, 2.75) is 31.7 Å². The Labute approximate surface area is 225 Å². The maximum Gasteiger partial charge on any atom is 0.233 e. The highest BCUT2D eigenvalue weighted by Gasteiger charge is 2.24. The summed E-state index contributed by atoms with van der Waals surface area (Å²) < 4.78 is 33.8. The lowest BCUT2D eigenvalue weighted by atomic mass is 9.98. The van der Waals surface area contributed by atoms with Gasteiger partial charge in [-0.25, -0.2) is 8.42 Å². The van der Waals surface area contributed by atoms with Crippen molar-refractivity contribution >= 4 is 43.3 Å². The molecule has 2 aromatic heterocycles. The zero-order valence-corrected chi connectivity index (χ0v) is 22.8. The summed E-state index contributed by atoms with van der Waals surface area (Å²) in [7, 11) is -2.11. The Balaban J connectivity index is 1.64. The number of carbonyl (C=O) groups is 1. The molecule has 0 saturated heterocycles. The van der Waals surface area contributed by atoms with Gasteiger partial charge in [0.1, 0.15) is 17.1 Å². The predicted molar refractivity (Wildman–Crippen MR) is 151 cm³/mol. The van der Waals surface area contributed by atoms with Gasteiger partial charge in [-0.2, -0.15) is 5.10 Å². The first-order valence-electron chi connectivity index (χ1n) is 12.3. The van der Waals surface area contributed by atoms with Crippen LogP contribution in [0.15, 0.2) is 74.9 Å². The number of amides is 1. The monoisotopic (exact) mass is 544 g/mol. The fourth-order valence-corrected chi connectivity index (χ4v) is 6.17. The quantitative estimate of drug-likeness (QED) is 0.310. The molecule has 0 fully saturated rings. The van der Waals surface area contributed by atoms with Gasteiger partial charge in [0.15, 0.2) is 15.3 Å². The Morgan fingerprint density at radius 1 is 1.13 bits per heavy atom. The Hall–Kier alpha value is -4.44. The van der Waals surface area contributed by atoms with Gasteiger partial charge in [0.2, 0.25) is 5.91 Å². The molecule has 0 aliphatic rings. The number of fused-ring (bicyclic) bond motifs is 2. The number of nitrogens with one attached hydrogen (secondary N) is 1. The zero-order valence-electron chi connectivity index (χ0n) is 22.0. The third-order valence-electron chi connectivity index (χ3n) is 6.67. The lowest BCUT2D eigenvalue weighted by molar-refractivity contribution is -0.115. The molecule has 0 bridgehead atoms. The predicted octanol–water partition coefficient (Wildman–Crippen LogP) is 4.40. The molecule has 10 heteroatoms. The Kier molecular flexibility index (Phi) is 6.51. The topological polar surface area (TPSA) is 137 Å². The van der Waals surface area contributed by atoms with Crippen molar-refractivity contribution in [3.63, 3.8) is 0 Å². The number of sulfone groups is 1. The molecule has 5 rings (SSSR count). The van der Waals surface area contributed by atoms with E-state index in [1.54, 1.807) is 35.9 Å². The molecule has 3 aromatic carbocycles. The molecule has 39 heavy (non-hydrogen) atoms. The Bertz CT molecular complexity index is 1940. The summed E-state index contributed by atoms with van der Waals surface area (Å²) in [6.07, 6.45) is 1.90. The molecule has 9 nitrogen and oxygen atoms in total. The molecule has 5 aromatic rings. The van der Waals surface area contributed by atoms with E-state index in [0.29, 0.717) is 33.5 Å². The summed E-state index contributed by atoms with van der Waals surface area (Å²) in [5.74, 6) is -1.27. The molecule has 0 spiro atoms. The number of hydrogen-bond acceptors (Lipinski definition) is 7. The van der Waals surface area contributed by atoms with E-state index >= 15 is 0 Å². The Morgan fingerprint density at radius 2 is 1.87 bits per heavy atom. The van der Waals surface area contributed by atoms with Gasteiger partial charge in [-0.1, -0.05) is 18.2 Å². The van der Waals surface area contributed by atoms with Gasteiger partial charge in [-0.15, -0.1) is 0 Å². The van der Waals surface area contributed by atoms with Crippen molar-refractivity contribution in [3.05, 3.63) is 87.7 Å². The van der Waals surface area contributed by atoms with E-state index in [4.69, 9.17) is 10.2 Å². The van der Waals surface area contributed by atoms with Crippen LogP contribution in [0.1, 0.15) is 29.7 Å². The van der Waals surface area contributed by atoms with E-state index in [0.717, 1.165) is 22.0 Å². The Morgan fingerprint density at radius 3 is 2.62 bits per heavy atom. The summed E-state index contributed by atoms with van der Waals surface area (Å²) >= 11 is 0. The number of aryl methyl sites for hydroxylation is 2. The highest BCUT2D eigenvalue weighted by molar-refractivity contribution is 7.92. The van der Waals surface area contributed by atoms with Crippen molar-refractivity contribution in [3.8, 4) is 11.3 Å². The fourth-order valence-electron chi connectivity index (χ4n) is 4.89. The molecule has 1 unspecified atom stereocenters. The highest BCUT2D eigenvalue weighted by Crippen LogP contribution is 2.34. The SMILES string of the molecule is Cc1cc(C(C)Nc2ccccc2S(=O)(=O)CC(N)=O)c2oc(-c3ccc4nn(C)cc4c3)c(C)c(=O)c2c1. The number of benzene rings is 3. The number of primary amides is 1. The molecule has 0 aliphatic heterocycles. The maximum absolute atomic E-state index is 13.5. The summed E-state index contributed by atoms with van der Waals surface area (Å²) in [5.41, 5.74) is 9.39. The number of aromatic nitrogens is 2. The molecular formula is C29H28N4O5S. The number of nitrogens with two attached hydrogens (primary N) is 1. The standard InChI is InChI=1S/C29H28N4O5S/c1-16-11-21(18(3)31-24-7-5-6-8-25(24)39(36,37)15-26(30)34)29-22(12-16)27(35)17(2)28(38-29)19-9-10-23-20(13-19)14-33(4)32-23/h5-14,18,31H,15H2,1-4H3,(H2,30,34). The first kappa shape index (κ1) is 26.2. The maximum atomic E-state index is 13.5. The number of para-hydroxylation sites is 1. The molecule has 0 saturated carbocycles. The van der Waals surface area contributed by atoms with Crippen molar-refractivity contribution in [1.82, 2.24) is 9.78 Å². The van der Waals surface area contributed by atoms with Gasteiger partial charge in [0, 0.05) is 35.3 Å². The van der Waals surface area contributed by atoms with Crippen LogP contribution >= 0.6 is 0 Å². The average Bonchev–Trinajstić information content (AvgIpc) is 3.24. The van der Waals surface area contributed by atoms with Gasteiger partial charge >= 0.3 is 0 Å². The van der Waals surface area contributed by atoms with Crippen molar-refractivity contribution in [2.75, 3.05) is 11.1 Å². The summed E-state index contributed by atoms with van der Waals surface area (Å²) in [6.45, 7) is 5.49. The number of carbonyl (C=O) groups excluding carboxylic acids is 1. The lowest BCUT2D eigenvalue weighted by Crippen LogP contribution is -2.24. The van der Waals surface area contributed by atoms with E-state index < -0.39 is 27.5 Å². The summed E-state index contributed by atoms with van der Waals surface area (Å²) in [4.78, 5) is 24.9. The van der Waals surface area contributed by atoms with Crippen LogP contribution in [0.4, 0.5) is 5.69 Å². The van der Waals surface area contributed by atoms with Crippen LogP contribution in [0.2, 0.25) is 0 Å². The molecule has 1 atom stereocenters. The second kappa shape index (κ2) is 9.70. The van der Waals surface area contributed by atoms with Gasteiger partial charge in [0.05, 0.1) is 27.5 Å². The largest absolute Gasteiger partial charge is 0.455 e. The van der Waals surface area contributed by atoms with Crippen LogP contribution in [0.3, 0.4) is 0 Å². The van der Waals surface area contributed by atoms with E-state index in [2.05, 4.69) is 10.4 Å². The number of hydrogen-bond donors (Lipinski definition) is 2. The molecule has 3 N–H and O–H groups in total. The minimum Gasteiger partial charge on any atom is -0.455 e.